The maximum Gasteiger partial charge on any atom is 0.255 e. The minimum atomic E-state index is -0.624. The molecule has 184 valence electrons. The van der Waals surface area contributed by atoms with E-state index in [0.29, 0.717) is 35.9 Å². The highest BCUT2D eigenvalue weighted by Gasteiger charge is 2.39. The number of nitrogens with zero attached hydrogens (tertiary/aromatic N) is 2. The normalized spacial score (nSPS) is 22.8. The molecule has 2 atom stereocenters. The van der Waals surface area contributed by atoms with E-state index in [9.17, 15) is 19.5 Å². The minimum absolute atomic E-state index is 0.0835. The van der Waals surface area contributed by atoms with Gasteiger partial charge >= 0.3 is 0 Å². The number of rotatable bonds is 6. The van der Waals surface area contributed by atoms with Gasteiger partial charge in [0.2, 0.25) is 11.8 Å². The number of aromatic hydroxyl groups is 1. The number of hydrogen-bond acceptors (Lipinski definition) is 6. The second kappa shape index (κ2) is 9.87. The van der Waals surface area contributed by atoms with Crippen LogP contribution in [0.1, 0.15) is 53.6 Å². The third kappa shape index (κ3) is 4.99. The maximum atomic E-state index is 12.9. The largest absolute Gasteiger partial charge is 0.506 e. The molecule has 8 nitrogen and oxygen atoms in total. The van der Waals surface area contributed by atoms with Crippen molar-refractivity contribution in [1.82, 2.24) is 15.1 Å². The third-order valence-corrected chi connectivity index (χ3v) is 7.39. The summed E-state index contributed by atoms with van der Waals surface area (Å²) in [7, 11) is 0. The van der Waals surface area contributed by atoms with Crippen LogP contribution in [0.25, 0.3) is 0 Å². The molecule has 0 saturated carbocycles. The standard InChI is InChI=1S/C26H28ClN3O5/c27-21-11-16(4-8-23(21)31)13-29-10-2-1-3-18(29)15-35-19-5-6-20-17(12-19)14-30(26(20)34)22-7-9-24(32)28-25(22)33/h4-6,8,11-12,18,22,31H,1-3,7,9-10,13-15H2,(H,28,32,33)/t18-,22?/m0/s1. The van der Waals surface area contributed by atoms with Crippen molar-refractivity contribution in [2.24, 2.45) is 0 Å². The molecule has 3 amide bonds. The van der Waals surface area contributed by atoms with Crippen molar-refractivity contribution in [2.45, 2.75) is 57.3 Å². The van der Waals surface area contributed by atoms with Gasteiger partial charge in [-0.25, -0.2) is 0 Å². The van der Waals surface area contributed by atoms with Gasteiger partial charge in [-0.15, -0.1) is 0 Å². The van der Waals surface area contributed by atoms with Crippen LogP contribution in [-0.4, -0.2) is 57.9 Å². The number of ether oxygens (including phenoxy) is 1. The molecule has 0 bridgehead atoms. The SMILES string of the molecule is O=C1CCC(N2Cc3cc(OC[C@@H]4CCCCN4Cc4ccc(O)c(Cl)c4)ccc3C2=O)C(=O)N1. The highest BCUT2D eigenvalue weighted by Crippen LogP contribution is 2.31. The lowest BCUT2D eigenvalue weighted by molar-refractivity contribution is -0.136. The summed E-state index contributed by atoms with van der Waals surface area (Å²) in [4.78, 5) is 40.5. The second-order valence-corrected chi connectivity index (χ2v) is 9.84. The first-order valence-electron chi connectivity index (χ1n) is 12.0. The summed E-state index contributed by atoms with van der Waals surface area (Å²) in [5, 5.41) is 12.4. The van der Waals surface area contributed by atoms with Crippen LogP contribution >= 0.6 is 11.6 Å². The van der Waals surface area contributed by atoms with E-state index in [4.69, 9.17) is 16.3 Å². The molecule has 2 N–H and O–H groups in total. The fourth-order valence-corrected chi connectivity index (χ4v) is 5.38. The van der Waals surface area contributed by atoms with Gasteiger partial charge in [0.1, 0.15) is 24.1 Å². The van der Waals surface area contributed by atoms with Crippen LogP contribution in [0.3, 0.4) is 0 Å². The average molecular weight is 498 g/mol. The van der Waals surface area contributed by atoms with Gasteiger partial charge in [0.05, 0.1) is 5.02 Å². The smallest absolute Gasteiger partial charge is 0.255 e. The van der Waals surface area contributed by atoms with E-state index in [2.05, 4.69) is 10.2 Å². The Kier molecular flexibility index (Phi) is 6.67. The first-order valence-corrected chi connectivity index (χ1v) is 12.4. The Labute approximate surface area is 208 Å². The number of hydrogen-bond donors (Lipinski definition) is 2. The summed E-state index contributed by atoms with van der Waals surface area (Å²) < 4.78 is 6.17. The number of imide groups is 1. The molecule has 2 aromatic rings. The van der Waals surface area contributed by atoms with Crippen molar-refractivity contribution in [2.75, 3.05) is 13.2 Å². The molecule has 1 unspecified atom stereocenters. The van der Waals surface area contributed by atoms with Crippen LogP contribution in [0.4, 0.5) is 0 Å². The molecule has 2 saturated heterocycles. The summed E-state index contributed by atoms with van der Waals surface area (Å²) in [5.74, 6) is -0.116. The van der Waals surface area contributed by atoms with Gasteiger partial charge in [-0.1, -0.05) is 24.1 Å². The number of carbonyl (C=O) groups is 3. The van der Waals surface area contributed by atoms with Gasteiger partial charge in [0.25, 0.3) is 5.91 Å². The molecule has 3 heterocycles. The number of likely N-dealkylation sites (tertiary alicyclic amines) is 1. The van der Waals surface area contributed by atoms with Gasteiger partial charge in [0, 0.05) is 31.1 Å². The van der Waals surface area contributed by atoms with Crippen molar-refractivity contribution >= 4 is 29.3 Å². The van der Waals surface area contributed by atoms with E-state index in [1.54, 1.807) is 29.2 Å². The molecular weight excluding hydrogens is 470 g/mol. The first kappa shape index (κ1) is 23.6. The number of amides is 3. The Morgan fingerprint density at radius 3 is 2.74 bits per heavy atom. The minimum Gasteiger partial charge on any atom is -0.506 e. The van der Waals surface area contributed by atoms with Crippen LogP contribution in [0.5, 0.6) is 11.5 Å². The number of fused-ring (bicyclic) bond motifs is 1. The van der Waals surface area contributed by atoms with Gasteiger partial charge in [0.15, 0.2) is 0 Å². The number of benzene rings is 2. The fourth-order valence-electron chi connectivity index (χ4n) is 5.17. The second-order valence-electron chi connectivity index (χ2n) is 9.44. The van der Waals surface area contributed by atoms with Crippen LogP contribution in [0.15, 0.2) is 36.4 Å². The molecule has 3 aliphatic heterocycles. The number of halogens is 1. The highest BCUT2D eigenvalue weighted by atomic mass is 35.5. The Bertz CT molecular complexity index is 1170. The Morgan fingerprint density at radius 2 is 1.94 bits per heavy atom. The lowest BCUT2D eigenvalue weighted by Crippen LogP contribution is -2.52. The summed E-state index contributed by atoms with van der Waals surface area (Å²) in [6.45, 7) is 2.55. The number of phenols is 1. The van der Waals surface area contributed by atoms with Gasteiger partial charge in [-0.2, -0.15) is 0 Å². The fraction of sp³-hybridized carbons (Fsp3) is 0.423. The van der Waals surface area contributed by atoms with Crippen LogP contribution in [-0.2, 0) is 22.7 Å². The highest BCUT2D eigenvalue weighted by molar-refractivity contribution is 6.32. The van der Waals surface area contributed by atoms with Crippen LogP contribution in [0.2, 0.25) is 5.02 Å². The van der Waals surface area contributed by atoms with Crippen molar-refractivity contribution in [3.63, 3.8) is 0 Å². The lowest BCUT2D eigenvalue weighted by atomic mass is 10.0. The molecule has 35 heavy (non-hydrogen) atoms. The predicted octanol–water partition coefficient (Wildman–Crippen LogP) is 3.24. The summed E-state index contributed by atoms with van der Waals surface area (Å²) >= 11 is 6.08. The number of nitrogens with one attached hydrogen (secondary N) is 1. The van der Waals surface area contributed by atoms with Gasteiger partial charge in [-0.05, 0) is 67.3 Å². The molecule has 2 aromatic carbocycles. The number of piperidine rings is 2. The first-order chi connectivity index (χ1) is 16.9. The molecule has 3 aliphatic rings. The quantitative estimate of drug-likeness (QED) is 0.594. The molecule has 0 aromatic heterocycles. The molecular formula is C26H28ClN3O5. The van der Waals surface area contributed by atoms with Crippen molar-refractivity contribution in [3.8, 4) is 11.5 Å². The lowest BCUT2D eigenvalue weighted by Gasteiger charge is -2.35. The molecule has 5 rings (SSSR count). The molecule has 2 fully saturated rings. The van der Waals surface area contributed by atoms with E-state index >= 15 is 0 Å². The topological polar surface area (TPSA) is 99.2 Å². The van der Waals surface area contributed by atoms with Crippen molar-refractivity contribution < 1.29 is 24.2 Å². The molecule has 0 aliphatic carbocycles. The van der Waals surface area contributed by atoms with E-state index < -0.39 is 11.9 Å². The van der Waals surface area contributed by atoms with Crippen LogP contribution < -0.4 is 10.1 Å². The van der Waals surface area contributed by atoms with Crippen LogP contribution in [0, 0.1) is 0 Å². The summed E-state index contributed by atoms with van der Waals surface area (Å²) in [5.41, 5.74) is 2.45. The summed E-state index contributed by atoms with van der Waals surface area (Å²) in [6.07, 6.45) is 3.87. The van der Waals surface area contributed by atoms with Crippen molar-refractivity contribution in [3.05, 3.63) is 58.1 Å². The molecule has 0 radical (unpaired) electrons. The monoisotopic (exact) mass is 497 g/mol. The average Bonchev–Trinajstić information content (AvgIpc) is 3.16. The zero-order chi connectivity index (χ0) is 24.5. The van der Waals surface area contributed by atoms with E-state index in [1.807, 2.05) is 12.1 Å². The number of carbonyl (C=O) groups excluding carboxylic acids is 3. The van der Waals surface area contributed by atoms with Crippen molar-refractivity contribution in [1.29, 1.82) is 0 Å². The Balaban J connectivity index is 1.23. The van der Waals surface area contributed by atoms with E-state index in [1.165, 1.54) is 0 Å². The van der Waals surface area contributed by atoms with E-state index in [0.717, 1.165) is 43.5 Å². The molecule has 9 heteroatoms. The Hall–Kier alpha value is -3.10. The van der Waals surface area contributed by atoms with Gasteiger partial charge in [-0.3, -0.25) is 24.6 Å². The molecule has 0 spiro atoms. The number of phenolic OH excluding ortho intramolecular Hbond substituents is 1. The third-order valence-electron chi connectivity index (χ3n) is 7.08. The maximum absolute atomic E-state index is 12.9. The van der Waals surface area contributed by atoms with Gasteiger partial charge < -0.3 is 14.7 Å². The summed E-state index contributed by atoms with van der Waals surface area (Å²) in [6, 6.07) is 10.4. The zero-order valence-electron chi connectivity index (χ0n) is 19.3. The van der Waals surface area contributed by atoms with E-state index in [-0.39, 0.29) is 30.0 Å². The Morgan fingerprint density at radius 1 is 1.09 bits per heavy atom. The zero-order valence-corrected chi connectivity index (χ0v) is 20.1. The predicted molar refractivity (Wildman–Crippen MR) is 129 cm³/mol.